The first kappa shape index (κ1) is 16.1. The lowest BCUT2D eigenvalue weighted by atomic mass is 10.0. The van der Waals surface area contributed by atoms with Crippen LogP contribution in [0.25, 0.3) is 0 Å². The Bertz CT molecular complexity index is 440. The van der Waals surface area contributed by atoms with E-state index in [9.17, 15) is 0 Å². The van der Waals surface area contributed by atoms with E-state index in [1.807, 2.05) is 0 Å². The molecule has 2 N–H and O–H groups in total. The fraction of sp³-hybridized carbons (Fsp3) is 0.765. The summed E-state index contributed by atoms with van der Waals surface area (Å²) in [5.41, 5.74) is 1.79. The number of aromatic nitrogens is 2. The molecule has 0 amide bonds. The Balaban J connectivity index is 2.06. The topological polar surface area (TPSA) is 49.8 Å². The molecule has 0 bridgehead atoms. The van der Waals surface area contributed by atoms with Crippen molar-refractivity contribution in [3.8, 4) is 0 Å². The van der Waals surface area contributed by atoms with E-state index >= 15 is 0 Å². The van der Waals surface area contributed by atoms with Gasteiger partial charge in [0.2, 0.25) is 0 Å². The summed E-state index contributed by atoms with van der Waals surface area (Å²) in [5, 5.41) is 7.05. The van der Waals surface area contributed by atoms with Gasteiger partial charge in [-0.2, -0.15) is 0 Å². The summed E-state index contributed by atoms with van der Waals surface area (Å²) in [5.74, 6) is 2.05. The van der Waals surface area contributed by atoms with Crippen molar-refractivity contribution in [2.24, 2.45) is 5.41 Å². The van der Waals surface area contributed by atoms with Gasteiger partial charge in [0.25, 0.3) is 0 Å². The van der Waals surface area contributed by atoms with Gasteiger partial charge in [0, 0.05) is 18.7 Å². The number of nitrogens with zero attached hydrogens (tertiary/aromatic N) is 2. The molecule has 1 aliphatic rings. The van der Waals surface area contributed by atoms with Crippen molar-refractivity contribution in [3.63, 3.8) is 0 Å². The van der Waals surface area contributed by atoms with Crippen molar-refractivity contribution in [1.29, 1.82) is 0 Å². The van der Waals surface area contributed by atoms with Gasteiger partial charge in [-0.3, -0.25) is 0 Å². The highest BCUT2D eigenvalue weighted by molar-refractivity contribution is 5.57. The smallest absolute Gasteiger partial charge is 0.134 e. The number of anilines is 2. The van der Waals surface area contributed by atoms with Gasteiger partial charge in [-0.1, -0.05) is 33.6 Å². The van der Waals surface area contributed by atoms with E-state index in [2.05, 4.69) is 41.4 Å². The van der Waals surface area contributed by atoms with Crippen molar-refractivity contribution in [2.45, 2.75) is 65.7 Å². The second-order valence-corrected chi connectivity index (χ2v) is 6.33. The van der Waals surface area contributed by atoms with E-state index < -0.39 is 0 Å². The molecule has 0 spiro atoms. The van der Waals surface area contributed by atoms with Gasteiger partial charge >= 0.3 is 0 Å². The normalized spacial score (nSPS) is 15.8. The molecule has 1 heterocycles. The molecule has 2 rings (SSSR count). The minimum Gasteiger partial charge on any atom is -0.370 e. The van der Waals surface area contributed by atoms with Gasteiger partial charge in [-0.25, -0.2) is 9.97 Å². The third kappa shape index (κ3) is 4.32. The second kappa shape index (κ2) is 7.62. The van der Waals surface area contributed by atoms with Crippen LogP contribution in [0.1, 0.15) is 64.9 Å². The minimum atomic E-state index is 0.542. The van der Waals surface area contributed by atoms with Gasteiger partial charge in [0.05, 0.1) is 0 Å². The summed E-state index contributed by atoms with van der Waals surface area (Å²) in [6.45, 7) is 8.68. The molecule has 1 aromatic rings. The molecule has 0 unspecified atom stereocenters. The van der Waals surface area contributed by atoms with E-state index in [1.165, 1.54) is 31.2 Å². The molecule has 1 saturated carbocycles. The zero-order valence-electron chi connectivity index (χ0n) is 13.8. The van der Waals surface area contributed by atoms with E-state index in [4.69, 9.17) is 0 Å². The van der Waals surface area contributed by atoms with Gasteiger partial charge in [-0.05, 0) is 37.5 Å². The standard InChI is InChI=1S/C17H30N4/c1-4-7-14-15(18-11-6-3)20-13-21-16(14)19-12-17(8-5-2)9-10-17/h13H,4-12H2,1-3H3,(H2,18,19,20,21). The molecular weight excluding hydrogens is 260 g/mol. The fourth-order valence-electron chi connectivity index (χ4n) is 2.94. The molecule has 1 aliphatic carbocycles. The first-order valence-electron chi connectivity index (χ1n) is 8.56. The summed E-state index contributed by atoms with van der Waals surface area (Å²) in [6, 6.07) is 0. The predicted octanol–water partition coefficient (Wildman–Crippen LogP) is 4.24. The van der Waals surface area contributed by atoms with Crippen LogP contribution in [-0.2, 0) is 6.42 Å². The molecule has 21 heavy (non-hydrogen) atoms. The Morgan fingerprint density at radius 2 is 1.71 bits per heavy atom. The van der Waals surface area contributed by atoms with Crippen LogP contribution in [0, 0.1) is 5.41 Å². The Hall–Kier alpha value is -1.32. The minimum absolute atomic E-state index is 0.542. The maximum atomic E-state index is 4.49. The lowest BCUT2D eigenvalue weighted by Gasteiger charge is -2.19. The van der Waals surface area contributed by atoms with Crippen molar-refractivity contribution < 1.29 is 0 Å². The summed E-state index contributed by atoms with van der Waals surface area (Å²) in [7, 11) is 0. The van der Waals surface area contributed by atoms with Gasteiger partial charge in [0.15, 0.2) is 0 Å². The monoisotopic (exact) mass is 290 g/mol. The summed E-state index contributed by atoms with van der Waals surface area (Å²) >= 11 is 0. The van der Waals surface area contributed by atoms with Crippen LogP contribution in [0.4, 0.5) is 11.6 Å². The molecule has 0 atom stereocenters. The van der Waals surface area contributed by atoms with Crippen LogP contribution in [-0.4, -0.2) is 23.1 Å². The molecule has 0 radical (unpaired) electrons. The SMILES string of the molecule is CCCNc1ncnc(NCC2(CCC)CC2)c1CCC. The lowest BCUT2D eigenvalue weighted by Crippen LogP contribution is -2.18. The quantitative estimate of drug-likeness (QED) is 0.676. The van der Waals surface area contributed by atoms with E-state index in [-0.39, 0.29) is 0 Å². The summed E-state index contributed by atoms with van der Waals surface area (Å²) < 4.78 is 0. The van der Waals surface area contributed by atoms with Crippen LogP contribution in [0.2, 0.25) is 0 Å². The number of hydrogen-bond acceptors (Lipinski definition) is 4. The lowest BCUT2D eigenvalue weighted by molar-refractivity contribution is 0.485. The highest BCUT2D eigenvalue weighted by Gasteiger charge is 2.41. The Morgan fingerprint density at radius 1 is 1.00 bits per heavy atom. The van der Waals surface area contributed by atoms with Crippen molar-refractivity contribution in [1.82, 2.24) is 9.97 Å². The third-order valence-electron chi connectivity index (χ3n) is 4.36. The number of hydrogen-bond donors (Lipinski definition) is 2. The summed E-state index contributed by atoms with van der Waals surface area (Å²) in [4.78, 5) is 8.92. The van der Waals surface area contributed by atoms with Gasteiger partial charge in [-0.15, -0.1) is 0 Å². The average molecular weight is 290 g/mol. The number of nitrogens with one attached hydrogen (secondary N) is 2. The van der Waals surface area contributed by atoms with Crippen molar-refractivity contribution in [2.75, 3.05) is 23.7 Å². The highest BCUT2D eigenvalue weighted by Crippen LogP contribution is 2.49. The molecule has 1 aromatic heterocycles. The van der Waals surface area contributed by atoms with Crippen molar-refractivity contribution in [3.05, 3.63) is 11.9 Å². The zero-order chi connectivity index (χ0) is 15.1. The van der Waals surface area contributed by atoms with Crippen LogP contribution in [0.5, 0.6) is 0 Å². The molecule has 0 saturated heterocycles. The predicted molar refractivity (Wildman–Crippen MR) is 89.9 cm³/mol. The third-order valence-corrected chi connectivity index (χ3v) is 4.36. The first-order valence-corrected chi connectivity index (χ1v) is 8.56. The van der Waals surface area contributed by atoms with Crippen LogP contribution >= 0.6 is 0 Å². The van der Waals surface area contributed by atoms with E-state index in [0.29, 0.717) is 5.41 Å². The largest absolute Gasteiger partial charge is 0.370 e. The average Bonchev–Trinajstić information content (AvgIpc) is 3.25. The van der Waals surface area contributed by atoms with Gasteiger partial charge in [0.1, 0.15) is 18.0 Å². The molecule has 118 valence electrons. The van der Waals surface area contributed by atoms with E-state index in [1.54, 1.807) is 6.33 Å². The highest BCUT2D eigenvalue weighted by atomic mass is 15.1. The molecule has 1 fully saturated rings. The molecular formula is C17H30N4. The zero-order valence-corrected chi connectivity index (χ0v) is 13.8. The number of rotatable bonds is 10. The van der Waals surface area contributed by atoms with Gasteiger partial charge < -0.3 is 10.6 Å². The second-order valence-electron chi connectivity index (χ2n) is 6.33. The summed E-state index contributed by atoms with van der Waals surface area (Å²) in [6.07, 6.45) is 10.3. The molecule has 4 heteroatoms. The van der Waals surface area contributed by atoms with Crippen LogP contribution in [0.3, 0.4) is 0 Å². The van der Waals surface area contributed by atoms with Crippen LogP contribution < -0.4 is 10.6 Å². The Labute approximate surface area is 129 Å². The van der Waals surface area contributed by atoms with E-state index in [0.717, 1.165) is 44.0 Å². The molecule has 0 aliphatic heterocycles. The maximum Gasteiger partial charge on any atom is 0.134 e. The Morgan fingerprint density at radius 3 is 2.29 bits per heavy atom. The maximum absolute atomic E-state index is 4.49. The Kier molecular flexibility index (Phi) is 5.83. The van der Waals surface area contributed by atoms with Crippen molar-refractivity contribution >= 4 is 11.6 Å². The molecule has 4 nitrogen and oxygen atoms in total. The van der Waals surface area contributed by atoms with Crippen LogP contribution in [0.15, 0.2) is 6.33 Å². The fourth-order valence-corrected chi connectivity index (χ4v) is 2.94. The first-order chi connectivity index (χ1) is 10.2. The molecule has 0 aromatic carbocycles.